The van der Waals surface area contributed by atoms with Gasteiger partial charge in [0.25, 0.3) is 0 Å². The Bertz CT molecular complexity index is 1340. The fourth-order valence-electron chi connectivity index (χ4n) is 4.39. The molecule has 9 N–H and O–H groups in total. The Kier molecular flexibility index (Phi) is 22.9. The molecule has 0 bridgehead atoms. The molecule has 0 saturated heterocycles. The van der Waals surface area contributed by atoms with Crippen LogP contribution in [0.3, 0.4) is 0 Å². The summed E-state index contributed by atoms with van der Waals surface area (Å²) in [6.45, 7) is 23.3. The Morgan fingerprint density at radius 3 is 0.647 bits per heavy atom. The number of aliphatic imine (C=N–C) groups is 3. The molecule has 0 aliphatic heterocycles. The van der Waals surface area contributed by atoms with Crippen molar-refractivity contribution in [3.8, 4) is 0 Å². The fraction of sp³-hybridized carbons (Fsp3) is 0.778. The van der Waals surface area contributed by atoms with Crippen LogP contribution in [0.5, 0.6) is 0 Å². The first-order valence-corrected chi connectivity index (χ1v) is 31.4. The zero-order chi connectivity index (χ0) is 41.6. The zero-order valence-corrected chi connectivity index (χ0v) is 38.2. The first-order chi connectivity index (χ1) is 22.3. The third-order valence-electron chi connectivity index (χ3n) is 6.49. The van der Waals surface area contributed by atoms with Crippen molar-refractivity contribution in [2.45, 2.75) is 37.0 Å². The van der Waals surface area contributed by atoms with E-state index in [1.807, 2.05) is 0 Å². The molecular formula is C27H63N9O9P6. The van der Waals surface area contributed by atoms with Gasteiger partial charge in [-0.3, -0.25) is 45.3 Å². The van der Waals surface area contributed by atoms with Gasteiger partial charge in [0.2, 0.25) is 17.7 Å². The number of carbonyl (C=O) groups excluding carboxylic acids is 3. The van der Waals surface area contributed by atoms with E-state index in [1.54, 1.807) is 80.0 Å². The molecule has 0 aliphatic rings. The van der Waals surface area contributed by atoms with E-state index in [4.69, 9.17) is 17.2 Å². The lowest BCUT2D eigenvalue weighted by atomic mass is 10.7. The van der Waals surface area contributed by atoms with Crippen LogP contribution in [-0.2, 0) is 41.8 Å². The molecule has 18 nitrogen and oxygen atoms in total. The van der Waals surface area contributed by atoms with E-state index in [0.717, 1.165) is 0 Å². The normalized spacial score (nSPS) is 13.9. The molecule has 0 atom stereocenters. The monoisotopic (exact) mass is 843 g/mol. The number of rotatable bonds is 12. The molecule has 0 unspecified atom stereocenters. The highest BCUT2D eigenvalue weighted by Gasteiger charge is 2.35. The van der Waals surface area contributed by atoms with Crippen molar-refractivity contribution in [1.29, 1.82) is 0 Å². The Morgan fingerprint density at radius 1 is 0.412 bits per heavy atom. The SMILES string of the molecule is CC(=O)NC(N)=NCC(P(C)(C)=O)P(C)(C)=O.CC(=O)NC(N)=NCC(P(C)(C)=O)P(C)(C)=O.CC(=O)NC(N)=NCC(P(C)(C)=O)P(C)(C)=O. The number of guanidine groups is 3. The van der Waals surface area contributed by atoms with Gasteiger partial charge in [0, 0.05) is 20.8 Å². The highest BCUT2D eigenvalue weighted by Crippen LogP contribution is 2.62. The summed E-state index contributed by atoms with van der Waals surface area (Å²) < 4.78 is 72.2. The maximum Gasteiger partial charge on any atom is 0.223 e. The predicted molar refractivity (Wildman–Crippen MR) is 219 cm³/mol. The number of carbonyl (C=O) groups is 3. The van der Waals surface area contributed by atoms with Crippen LogP contribution in [0.2, 0.25) is 0 Å². The van der Waals surface area contributed by atoms with Crippen LogP contribution < -0.4 is 33.2 Å². The number of amides is 3. The molecule has 51 heavy (non-hydrogen) atoms. The first kappa shape index (κ1) is 53.6. The largest absolute Gasteiger partial charge is 0.370 e. The van der Waals surface area contributed by atoms with Crippen molar-refractivity contribution in [2.75, 3.05) is 99.6 Å². The van der Waals surface area contributed by atoms with Gasteiger partial charge < -0.3 is 44.6 Å². The molecule has 0 aromatic carbocycles. The van der Waals surface area contributed by atoms with Crippen LogP contribution in [0, 0.1) is 0 Å². The summed E-state index contributed by atoms with van der Waals surface area (Å²) >= 11 is 0. The number of hydrogen-bond donors (Lipinski definition) is 6. The highest BCUT2D eigenvalue weighted by molar-refractivity contribution is 7.81. The molecule has 0 radical (unpaired) electrons. The zero-order valence-electron chi connectivity index (χ0n) is 32.8. The van der Waals surface area contributed by atoms with Crippen LogP contribution in [0.15, 0.2) is 15.0 Å². The smallest absolute Gasteiger partial charge is 0.223 e. The summed E-state index contributed by atoms with van der Waals surface area (Å²) in [6.07, 6.45) is 0. The van der Waals surface area contributed by atoms with Crippen molar-refractivity contribution in [1.82, 2.24) is 16.0 Å². The van der Waals surface area contributed by atoms with Gasteiger partial charge in [0.1, 0.15) is 0 Å². The summed E-state index contributed by atoms with van der Waals surface area (Å²) in [7, 11) is -15.2. The molecule has 0 spiro atoms. The van der Waals surface area contributed by atoms with E-state index in [1.165, 1.54) is 20.8 Å². The maximum atomic E-state index is 12.0. The van der Waals surface area contributed by atoms with Crippen LogP contribution >= 0.6 is 42.9 Å². The third kappa shape index (κ3) is 27.5. The lowest BCUT2D eigenvalue weighted by molar-refractivity contribution is -0.118. The van der Waals surface area contributed by atoms with E-state index in [-0.39, 0.29) is 55.2 Å². The van der Waals surface area contributed by atoms with Gasteiger partial charge in [-0.1, -0.05) is 0 Å². The summed E-state index contributed by atoms with van der Waals surface area (Å²) in [6, 6.07) is 0. The van der Waals surface area contributed by atoms with E-state index in [9.17, 15) is 41.8 Å². The molecule has 24 heteroatoms. The molecule has 0 aromatic heterocycles. The summed E-state index contributed by atoms with van der Waals surface area (Å²) in [4.78, 5) is 43.9. The Labute approximate surface area is 304 Å². The van der Waals surface area contributed by atoms with E-state index in [0.29, 0.717) is 0 Å². The van der Waals surface area contributed by atoms with Gasteiger partial charge in [-0.25, -0.2) is 0 Å². The van der Waals surface area contributed by atoms with Gasteiger partial charge in [0.15, 0.2) is 17.9 Å². The molecule has 0 saturated carbocycles. The maximum absolute atomic E-state index is 12.0. The number of nitrogens with one attached hydrogen (secondary N) is 3. The average molecular weight is 844 g/mol. The molecule has 0 aliphatic carbocycles. The molecular weight excluding hydrogens is 780 g/mol. The molecule has 300 valence electrons. The Morgan fingerprint density at radius 2 is 0.549 bits per heavy atom. The Balaban J connectivity index is -0.000000678. The average Bonchev–Trinajstić information content (AvgIpc) is 2.78. The lowest BCUT2D eigenvalue weighted by Gasteiger charge is -2.23. The number of nitrogens with zero attached hydrogens (tertiary/aromatic N) is 3. The topological polar surface area (TPSA) is 305 Å². The van der Waals surface area contributed by atoms with Gasteiger partial charge in [0.05, 0.1) is 78.7 Å². The minimum absolute atomic E-state index is 0.0376. The van der Waals surface area contributed by atoms with Crippen molar-refractivity contribution < 1.29 is 41.8 Å². The summed E-state index contributed by atoms with van der Waals surface area (Å²) in [5.41, 5.74) is 16.3. The van der Waals surface area contributed by atoms with Crippen LogP contribution in [0.4, 0.5) is 0 Å². The van der Waals surface area contributed by atoms with Crippen LogP contribution in [0.1, 0.15) is 20.8 Å². The van der Waals surface area contributed by atoms with E-state index < -0.39 is 59.1 Å². The van der Waals surface area contributed by atoms with Crippen molar-refractivity contribution >= 4 is 78.5 Å². The molecule has 0 heterocycles. The van der Waals surface area contributed by atoms with Crippen LogP contribution in [-0.4, -0.2) is 151 Å². The van der Waals surface area contributed by atoms with Crippen molar-refractivity contribution in [2.24, 2.45) is 32.2 Å². The van der Waals surface area contributed by atoms with Gasteiger partial charge in [-0.05, 0) is 80.0 Å². The second kappa shape index (κ2) is 21.8. The standard InChI is InChI=1S/3C9H21N3O3P2/c3*1-7(13)12-9(10)11-6-8(16(2,3)14)17(4,5)15/h3*8H,6H2,1-5H3,(H3,10,11,12,13). The molecule has 3 amide bonds. The van der Waals surface area contributed by atoms with Crippen molar-refractivity contribution in [3.05, 3.63) is 0 Å². The van der Waals surface area contributed by atoms with E-state index in [2.05, 4.69) is 30.9 Å². The highest BCUT2D eigenvalue weighted by atomic mass is 31.2. The predicted octanol–water partition coefficient (Wildman–Crippen LogP) is 3.03. The molecule has 0 aromatic rings. The second-order valence-electron chi connectivity index (χ2n) is 14.3. The lowest BCUT2D eigenvalue weighted by Crippen LogP contribution is -2.35. The Hall–Kier alpha value is -1.80. The second-order valence-corrected chi connectivity index (χ2v) is 36.4. The minimum Gasteiger partial charge on any atom is -0.370 e. The van der Waals surface area contributed by atoms with Crippen molar-refractivity contribution in [3.63, 3.8) is 0 Å². The van der Waals surface area contributed by atoms with Gasteiger partial charge in [-0.15, -0.1) is 0 Å². The van der Waals surface area contributed by atoms with Gasteiger partial charge in [-0.2, -0.15) is 0 Å². The number of nitrogens with two attached hydrogens (primary N) is 3. The molecule has 0 rings (SSSR count). The summed E-state index contributed by atoms with van der Waals surface area (Å²) in [5.74, 6) is -1.08. The third-order valence-corrected chi connectivity index (χ3v) is 26.1. The van der Waals surface area contributed by atoms with Crippen LogP contribution in [0.25, 0.3) is 0 Å². The van der Waals surface area contributed by atoms with Gasteiger partial charge >= 0.3 is 0 Å². The summed E-state index contributed by atoms with van der Waals surface area (Å²) in [5, 5.41) is 5.44. The quantitative estimate of drug-likeness (QED) is 0.0939. The fourth-order valence-corrected chi connectivity index (χ4v) is 23.3. The molecule has 0 fully saturated rings. The minimum atomic E-state index is -2.53. The van der Waals surface area contributed by atoms with E-state index >= 15 is 0 Å². The number of hydrogen-bond acceptors (Lipinski definition) is 12. The first-order valence-electron chi connectivity index (χ1n) is 15.3.